The van der Waals surface area contributed by atoms with Crippen molar-refractivity contribution in [2.75, 3.05) is 11.9 Å². The Morgan fingerprint density at radius 3 is 2.32 bits per heavy atom. The summed E-state index contributed by atoms with van der Waals surface area (Å²) in [5, 5.41) is 3.58. The van der Waals surface area contributed by atoms with Crippen LogP contribution in [0.25, 0.3) is 0 Å². The Hall–Kier alpha value is -1.94. The predicted octanol–water partition coefficient (Wildman–Crippen LogP) is 7.12. The third kappa shape index (κ3) is 6.59. The van der Waals surface area contributed by atoms with Crippen molar-refractivity contribution in [2.24, 2.45) is 0 Å². The van der Waals surface area contributed by atoms with Gasteiger partial charge in [0.25, 0.3) is 0 Å². The highest BCUT2D eigenvalue weighted by atomic mass is 32.2. The minimum absolute atomic E-state index is 0.168. The van der Waals surface area contributed by atoms with Gasteiger partial charge >= 0.3 is 5.97 Å². The topological polar surface area (TPSA) is 38.3 Å². The molecular formula is C24H31NO2S. The maximum Gasteiger partial charge on any atom is 0.302 e. The molecule has 2 aromatic carbocycles. The van der Waals surface area contributed by atoms with Gasteiger partial charge in [-0.05, 0) is 49.1 Å². The number of unbranched alkanes of at least 4 members (excludes halogenated alkanes) is 7. The third-order valence-corrected chi connectivity index (χ3v) is 6.24. The molecule has 0 unspecified atom stereocenters. The van der Waals surface area contributed by atoms with Gasteiger partial charge in [0, 0.05) is 16.7 Å². The average Bonchev–Trinajstić information content (AvgIpc) is 2.70. The number of esters is 1. The van der Waals surface area contributed by atoms with E-state index < -0.39 is 0 Å². The van der Waals surface area contributed by atoms with Gasteiger partial charge in [0.05, 0.1) is 18.0 Å². The smallest absolute Gasteiger partial charge is 0.302 e. The summed E-state index contributed by atoms with van der Waals surface area (Å²) < 4.78 is 4.95. The fourth-order valence-corrected chi connectivity index (χ4v) is 4.52. The maximum atomic E-state index is 10.7. The lowest BCUT2D eigenvalue weighted by molar-refractivity contribution is -0.141. The second-order valence-electron chi connectivity index (χ2n) is 7.47. The van der Waals surface area contributed by atoms with Gasteiger partial charge in [-0.15, -0.1) is 0 Å². The van der Waals surface area contributed by atoms with Gasteiger partial charge in [-0.1, -0.05) is 68.5 Å². The van der Waals surface area contributed by atoms with Crippen LogP contribution in [-0.4, -0.2) is 12.6 Å². The van der Waals surface area contributed by atoms with E-state index in [1.54, 1.807) is 0 Å². The zero-order chi connectivity index (χ0) is 19.6. The van der Waals surface area contributed by atoms with Gasteiger partial charge in [-0.25, -0.2) is 0 Å². The largest absolute Gasteiger partial charge is 0.466 e. The predicted molar refractivity (Wildman–Crippen MR) is 118 cm³/mol. The lowest BCUT2D eigenvalue weighted by Gasteiger charge is -2.21. The van der Waals surface area contributed by atoms with Crippen molar-refractivity contribution < 1.29 is 9.53 Å². The molecular weight excluding hydrogens is 366 g/mol. The summed E-state index contributed by atoms with van der Waals surface area (Å²) in [6.45, 7) is 2.05. The molecule has 0 saturated heterocycles. The number of aryl methyl sites for hydroxylation is 1. The van der Waals surface area contributed by atoms with Gasteiger partial charge in [-0.2, -0.15) is 0 Å². The molecule has 3 nitrogen and oxygen atoms in total. The summed E-state index contributed by atoms with van der Waals surface area (Å²) in [7, 11) is 0. The standard InChI is InChI=1S/C24H31NO2S/c1-19(26)27-17-11-7-5-3-2-4-6-8-12-20-15-16-24-22(18-20)25-21-13-9-10-14-23(21)28-24/h9-10,13-16,18,25H,2-8,11-12,17H2,1H3. The van der Waals surface area contributed by atoms with Gasteiger partial charge in [-0.3, -0.25) is 4.79 Å². The number of hydrogen-bond donors (Lipinski definition) is 1. The molecule has 0 fully saturated rings. The zero-order valence-electron chi connectivity index (χ0n) is 16.8. The fraction of sp³-hybridized carbons (Fsp3) is 0.458. The number of anilines is 2. The van der Waals surface area contributed by atoms with Crippen LogP contribution in [0.3, 0.4) is 0 Å². The SMILES string of the molecule is CC(=O)OCCCCCCCCCCc1ccc2c(c1)Nc1ccccc1S2. The maximum absolute atomic E-state index is 10.7. The Balaban J connectivity index is 1.28. The molecule has 0 amide bonds. The molecule has 2 aromatic rings. The summed E-state index contributed by atoms with van der Waals surface area (Å²) >= 11 is 1.85. The Bertz CT molecular complexity index is 775. The summed E-state index contributed by atoms with van der Waals surface area (Å²) in [6.07, 6.45) is 11.0. The average molecular weight is 398 g/mol. The number of carbonyl (C=O) groups is 1. The number of fused-ring (bicyclic) bond motifs is 2. The highest BCUT2D eigenvalue weighted by Crippen LogP contribution is 2.44. The first-order chi connectivity index (χ1) is 13.7. The summed E-state index contributed by atoms with van der Waals surface area (Å²) in [5.74, 6) is -0.168. The van der Waals surface area contributed by atoms with Crippen LogP contribution >= 0.6 is 11.8 Å². The van der Waals surface area contributed by atoms with E-state index in [-0.39, 0.29) is 5.97 Å². The van der Waals surface area contributed by atoms with E-state index in [0.29, 0.717) is 6.61 Å². The lowest BCUT2D eigenvalue weighted by Crippen LogP contribution is -2.00. The summed E-state index contributed by atoms with van der Waals surface area (Å²) in [5.41, 5.74) is 3.89. The van der Waals surface area contributed by atoms with E-state index in [1.165, 1.54) is 72.2 Å². The van der Waals surface area contributed by atoms with Crippen LogP contribution in [0, 0.1) is 0 Å². The highest BCUT2D eigenvalue weighted by Gasteiger charge is 2.15. The van der Waals surface area contributed by atoms with Crippen molar-refractivity contribution in [1.29, 1.82) is 0 Å². The lowest BCUT2D eigenvalue weighted by atomic mass is 10.0. The third-order valence-electron chi connectivity index (χ3n) is 5.09. The Morgan fingerprint density at radius 1 is 0.857 bits per heavy atom. The van der Waals surface area contributed by atoms with Gasteiger partial charge < -0.3 is 10.1 Å². The van der Waals surface area contributed by atoms with E-state index in [0.717, 1.165) is 19.3 Å². The Labute approximate surface area is 173 Å². The molecule has 1 aliphatic rings. The Morgan fingerprint density at radius 2 is 1.54 bits per heavy atom. The molecule has 0 radical (unpaired) electrons. The van der Waals surface area contributed by atoms with Crippen LogP contribution in [0.5, 0.6) is 0 Å². The normalized spacial score (nSPS) is 12.0. The number of ether oxygens (including phenoxy) is 1. The molecule has 0 spiro atoms. The number of rotatable bonds is 11. The molecule has 1 N–H and O–H groups in total. The van der Waals surface area contributed by atoms with E-state index >= 15 is 0 Å². The van der Waals surface area contributed by atoms with Crippen molar-refractivity contribution in [2.45, 2.75) is 74.5 Å². The van der Waals surface area contributed by atoms with Gasteiger partial charge in [0.2, 0.25) is 0 Å². The highest BCUT2D eigenvalue weighted by molar-refractivity contribution is 7.99. The molecule has 1 aliphatic heterocycles. The van der Waals surface area contributed by atoms with E-state index in [4.69, 9.17) is 4.74 Å². The molecule has 0 saturated carbocycles. The number of benzene rings is 2. The molecule has 1 heterocycles. The van der Waals surface area contributed by atoms with Gasteiger partial charge in [0.15, 0.2) is 0 Å². The van der Waals surface area contributed by atoms with Crippen LogP contribution < -0.4 is 5.32 Å². The van der Waals surface area contributed by atoms with Crippen molar-refractivity contribution >= 4 is 29.1 Å². The van der Waals surface area contributed by atoms with Crippen molar-refractivity contribution in [3.8, 4) is 0 Å². The minimum atomic E-state index is -0.168. The molecule has 28 heavy (non-hydrogen) atoms. The molecule has 0 bridgehead atoms. The second-order valence-corrected chi connectivity index (χ2v) is 8.56. The van der Waals surface area contributed by atoms with Crippen molar-refractivity contribution in [3.63, 3.8) is 0 Å². The van der Waals surface area contributed by atoms with E-state index in [9.17, 15) is 4.79 Å². The number of nitrogens with one attached hydrogen (secondary N) is 1. The monoisotopic (exact) mass is 397 g/mol. The van der Waals surface area contributed by atoms with Crippen LogP contribution in [0.1, 0.15) is 63.9 Å². The molecule has 0 aromatic heterocycles. The molecule has 3 rings (SSSR count). The van der Waals surface area contributed by atoms with Gasteiger partial charge in [0.1, 0.15) is 0 Å². The molecule has 150 valence electrons. The van der Waals surface area contributed by atoms with Crippen molar-refractivity contribution in [1.82, 2.24) is 0 Å². The summed E-state index contributed by atoms with van der Waals surface area (Å²) in [6, 6.07) is 15.4. The molecule has 0 atom stereocenters. The van der Waals surface area contributed by atoms with Crippen LogP contribution in [0.4, 0.5) is 11.4 Å². The number of hydrogen-bond acceptors (Lipinski definition) is 4. The quantitative estimate of drug-likeness (QED) is 0.276. The first-order valence-electron chi connectivity index (χ1n) is 10.5. The van der Waals surface area contributed by atoms with E-state index in [1.807, 2.05) is 11.8 Å². The minimum Gasteiger partial charge on any atom is -0.466 e. The fourth-order valence-electron chi connectivity index (χ4n) is 3.55. The molecule has 4 heteroatoms. The second kappa shape index (κ2) is 11.2. The van der Waals surface area contributed by atoms with Crippen molar-refractivity contribution in [3.05, 3.63) is 48.0 Å². The summed E-state index contributed by atoms with van der Waals surface area (Å²) in [4.78, 5) is 13.3. The first kappa shape index (κ1) is 20.8. The first-order valence-corrected chi connectivity index (χ1v) is 11.3. The number of carbonyl (C=O) groups excluding carboxylic acids is 1. The van der Waals surface area contributed by atoms with Crippen LogP contribution in [-0.2, 0) is 16.0 Å². The zero-order valence-corrected chi connectivity index (χ0v) is 17.7. The van der Waals surface area contributed by atoms with E-state index in [2.05, 4.69) is 47.8 Å². The van der Waals surface area contributed by atoms with Crippen LogP contribution in [0.15, 0.2) is 52.3 Å². The number of para-hydroxylation sites is 1. The van der Waals surface area contributed by atoms with Crippen LogP contribution in [0.2, 0.25) is 0 Å². The Kier molecular flexibility index (Phi) is 8.28. The molecule has 0 aliphatic carbocycles.